The Balaban J connectivity index is 2.62. The highest BCUT2D eigenvalue weighted by Crippen LogP contribution is 2.25. The van der Waals surface area contributed by atoms with Crippen LogP contribution in [0.5, 0.6) is 0 Å². The van der Waals surface area contributed by atoms with Gasteiger partial charge in [0.2, 0.25) is 0 Å². The van der Waals surface area contributed by atoms with Crippen LogP contribution in [0.15, 0.2) is 22.9 Å². The van der Waals surface area contributed by atoms with Gasteiger partial charge < -0.3 is 14.2 Å². The van der Waals surface area contributed by atoms with E-state index in [0.29, 0.717) is 17.9 Å². The first kappa shape index (κ1) is 10.5. The first-order chi connectivity index (χ1) is 7.65. The van der Waals surface area contributed by atoms with Gasteiger partial charge in [-0.3, -0.25) is 0 Å². The zero-order valence-electron chi connectivity index (χ0n) is 9.10. The summed E-state index contributed by atoms with van der Waals surface area (Å²) in [4.78, 5) is 11.2. The van der Waals surface area contributed by atoms with Gasteiger partial charge in [-0.2, -0.15) is 0 Å². The zero-order valence-corrected chi connectivity index (χ0v) is 9.10. The number of carboxylic acids is 1. The molecule has 0 spiro atoms. The number of rotatable bonds is 3. The number of aromatic carboxylic acids is 1. The largest absolute Gasteiger partial charge is 0.477 e. The van der Waals surface area contributed by atoms with Crippen molar-refractivity contribution < 1.29 is 14.4 Å². The fourth-order valence-electron chi connectivity index (χ4n) is 1.67. The van der Waals surface area contributed by atoms with Crippen LogP contribution in [0.2, 0.25) is 0 Å². The van der Waals surface area contributed by atoms with E-state index in [4.69, 9.17) is 9.63 Å². The van der Waals surface area contributed by atoms with Crippen molar-refractivity contribution in [3.63, 3.8) is 0 Å². The molecular weight excluding hydrogens is 208 g/mol. The molecule has 0 aliphatic heterocycles. The maximum absolute atomic E-state index is 11.2. The number of aromatic nitrogens is 2. The molecule has 0 aliphatic carbocycles. The van der Waals surface area contributed by atoms with Crippen LogP contribution >= 0.6 is 0 Å². The summed E-state index contributed by atoms with van der Waals surface area (Å²) >= 11 is 0. The van der Waals surface area contributed by atoms with Crippen molar-refractivity contribution in [3.05, 3.63) is 29.7 Å². The van der Waals surface area contributed by atoms with Crippen molar-refractivity contribution in [2.24, 2.45) is 7.05 Å². The monoisotopic (exact) mass is 220 g/mol. The molecule has 2 rings (SSSR count). The molecule has 0 aromatic carbocycles. The van der Waals surface area contributed by atoms with Crippen LogP contribution in [-0.4, -0.2) is 20.8 Å². The van der Waals surface area contributed by atoms with Gasteiger partial charge in [0.15, 0.2) is 5.76 Å². The minimum absolute atomic E-state index is 0.157. The fraction of sp³-hybridized carbons (Fsp3) is 0.273. The van der Waals surface area contributed by atoms with Gasteiger partial charge in [0.05, 0.1) is 5.69 Å². The van der Waals surface area contributed by atoms with E-state index >= 15 is 0 Å². The number of carbonyl (C=O) groups is 1. The lowest BCUT2D eigenvalue weighted by atomic mass is 10.1. The molecule has 0 radical (unpaired) electrons. The molecule has 2 heterocycles. The van der Waals surface area contributed by atoms with Crippen molar-refractivity contribution in [2.75, 3.05) is 0 Å². The summed E-state index contributed by atoms with van der Waals surface area (Å²) in [5.41, 5.74) is 1.28. The molecule has 0 saturated heterocycles. The first-order valence-corrected chi connectivity index (χ1v) is 4.98. The van der Waals surface area contributed by atoms with Crippen molar-refractivity contribution >= 4 is 5.97 Å². The van der Waals surface area contributed by atoms with Crippen LogP contribution in [0.4, 0.5) is 0 Å². The number of hydrogen-bond acceptors (Lipinski definition) is 3. The molecule has 2 aromatic heterocycles. The van der Waals surface area contributed by atoms with Crippen molar-refractivity contribution in [1.29, 1.82) is 0 Å². The standard InChI is InChI=1S/C11H12N2O3/c1-3-8-9(11(14)15)10(12-16-8)7-5-4-6-13(7)2/h4-6H,3H2,1-2H3,(H,14,15). The van der Waals surface area contributed by atoms with Crippen LogP contribution in [0.25, 0.3) is 11.4 Å². The van der Waals surface area contributed by atoms with Crippen molar-refractivity contribution in [2.45, 2.75) is 13.3 Å². The maximum atomic E-state index is 11.2. The second-order valence-corrected chi connectivity index (χ2v) is 3.49. The van der Waals surface area contributed by atoms with Gasteiger partial charge >= 0.3 is 5.97 Å². The lowest BCUT2D eigenvalue weighted by Gasteiger charge is -2.00. The van der Waals surface area contributed by atoms with E-state index in [1.807, 2.05) is 36.9 Å². The molecular formula is C11H12N2O3. The van der Waals surface area contributed by atoms with E-state index in [1.54, 1.807) is 0 Å². The molecule has 0 unspecified atom stereocenters. The van der Waals surface area contributed by atoms with Gasteiger partial charge in [-0.05, 0) is 12.1 Å². The Bertz CT molecular complexity index is 525. The summed E-state index contributed by atoms with van der Waals surface area (Å²) in [6, 6.07) is 3.64. The average Bonchev–Trinajstić information content (AvgIpc) is 2.82. The molecule has 0 aliphatic rings. The van der Waals surface area contributed by atoms with Crippen LogP contribution in [0, 0.1) is 0 Å². The third kappa shape index (κ3) is 1.50. The Morgan fingerprint density at radius 3 is 2.88 bits per heavy atom. The molecule has 5 nitrogen and oxygen atoms in total. The normalized spacial score (nSPS) is 10.6. The summed E-state index contributed by atoms with van der Waals surface area (Å²) in [5.74, 6) is -0.599. The summed E-state index contributed by atoms with van der Waals surface area (Å²) < 4.78 is 6.85. The van der Waals surface area contributed by atoms with Gasteiger partial charge in [0.1, 0.15) is 11.3 Å². The van der Waals surface area contributed by atoms with Crippen LogP contribution in [0.3, 0.4) is 0 Å². The summed E-state index contributed by atoms with van der Waals surface area (Å²) in [5, 5.41) is 13.0. The van der Waals surface area contributed by atoms with Gasteiger partial charge in [-0.15, -0.1) is 0 Å². The molecule has 16 heavy (non-hydrogen) atoms. The summed E-state index contributed by atoms with van der Waals surface area (Å²) in [6.07, 6.45) is 2.35. The topological polar surface area (TPSA) is 68.3 Å². The van der Waals surface area contributed by atoms with E-state index in [0.717, 1.165) is 5.69 Å². The van der Waals surface area contributed by atoms with E-state index < -0.39 is 5.97 Å². The minimum Gasteiger partial charge on any atom is -0.477 e. The molecule has 0 amide bonds. The van der Waals surface area contributed by atoms with Crippen LogP contribution < -0.4 is 0 Å². The number of hydrogen-bond donors (Lipinski definition) is 1. The fourth-order valence-corrected chi connectivity index (χ4v) is 1.67. The molecule has 0 atom stereocenters. The lowest BCUT2D eigenvalue weighted by Crippen LogP contribution is -2.02. The molecule has 0 bridgehead atoms. The highest BCUT2D eigenvalue weighted by atomic mass is 16.5. The Morgan fingerprint density at radius 1 is 1.62 bits per heavy atom. The van der Waals surface area contributed by atoms with Gasteiger partial charge in [-0.25, -0.2) is 4.79 Å². The number of aryl methyl sites for hydroxylation is 2. The van der Waals surface area contributed by atoms with Crippen molar-refractivity contribution in [3.8, 4) is 11.4 Å². The smallest absolute Gasteiger partial charge is 0.341 e. The molecule has 2 aromatic rings. The quantitative estimate of drug-likeness (QED) is 0.858. The van der Waals surface area contributed by atoms with Gasteiger partial charge in [0.25, 0.3) is 0 Å². The third-order valence-corrected chi connectivity index (χ3v) is 2.48. The molecule has 84 valence electrons. The van der Waals surface area contributed by atoms with Crippen molar-refractivity contribution in [1.82, 2.24) is 9.72 Å². The number of nitrogens with zero attached hydrogens (tertiary/aromatic N) is 2. The third-order valence-electron chi connectivity index (χ3n) is 2.48. The Hall–Kier alpha value is -2.04. The maximum Gasteiger partial charge on any atom is 0.341 e. The highest BCUT2D eigenvalue weighted by Gasteiger charge is 2.23. The zero-order chi connectivity index (χ0) is 11.7. The Labute approximate surface area is 92.3 Å². The Kier molecular flexibility index (Phi) is 2.52. The second-order valence-electron chi connectivity index (χ2n) is 3.49. The van der Waals surface area contributed by atoms with Crippen LogP contribution in [0.1, 0.15) is 23.0 Å². The predicted molar refractivity (Wildman–Crippen MR) is 57.2 cm³/mol. The molecule has 5 heteroatoms. The second kappa shape index (κ2) is 3.84. The number of carboxylic acid groups (broad SMARTS) is 1. The van der Waals surface area contributed by atoms with E-state index in [-0.39, 0.29) is 5.56 Å². The molecule has 0 fully saturated rings. The van der Waals surface area contributed by atoms with Gasteiger partial charge in [-0.1, -0.05) is 12.1 Å². The highest BCUT2D eigenvalue weighted by molar-refractivity contribution is 5.95. The minimum atomic E-state index is -1.01. The van der Waals surface area contributed by atoms with E-state index in [2.05, 4.69) is 5.16 Å². The molecule has 1 N–H and O–H groups in total. The first-order valence-electron chi connectivity index (χ1n) is 4.98. The summed E-state index contributed by atoms with van der Waals surface area (Å²) in [7, 11) is 1.83. The van der Waals surface area contributed by atoms with E-state index in [1.165, 1.54) is 0 Å². The summed E-state index contributed by atoms with van der Waals surface area (Å²) in [6.45, 7) is 1.84. The van der Waals surface area contributed by atoms with E-state index in [9.17, 15) is 4.79 Å². The lowest BCUT2D eigenvalue weighted by molar-refractivity contribution is 0.0695. The van der Waals surface area contributed by atoms with Gasteiger partial charge in [0, 0.05) is 19.7 Å². The predicted octanol–water partition coefficient (Wildman–Crippen LogP) is 1.94. The average molecular weight is 220 g/mol. The Morgan fingerprint density at radius 2 is 2.38 bits per heavy atom. The van der Waals surface area contributed by atoms with Crippen LogP contribution in [-0.2, 0) is 13.5 Å². The SMILES string of the molecule is CCc1onc(-c2cccn2C)c1C(=O)O. The molecule has 0 saturated carbocycles.